The molecule has 0 aromatic heterocycles. The van der Waals surface area contributed by atoms with Crippen molar-refractivity contribution in [2.45, 2.75) is 26.2 Å². The molecule has 0 atom stereocenters. The summed E-state index contributed by atoms with van der Waals surface area (Å²) >= 11 is 0. The average molecular weight is 221 g/mol. The van der Waals surface area contributed by atoms with Crippen LogP contribution in [0.2, 0.25) is 0 Å². The minimum atomic E-state index is -0.832. The van der Waals surface area contributed by atoms with Gasteiger partial charge in [-0.15, -0.1) is 0 Å². The zero-order chi connectivity index (χ0) is 12.0. The zero-order valence-corrected chi connectivity index (χ0v) is 9.18. The van der Waals surface area contributed by atoms with Crippen LogP contribution in [0.1, 0.15) is 30.4 Å². The fourth-order valence-electron chi connectivity index (χ4n) is 1.41. The molecule has 4 heteroatoms. The zero-order valence-electron chi connectivity index (χ0n) is 9.18. The van der Waals surface area contributed by atoms with Crippen molar-refractivity contribution < 1.29 is 15.1 Å². The molecular weight excluding hydrogens is 206 g/mol. The van der Waals surface area contributed by atoms with Gasteiger partial charge in [-0.1, -0.05) is 35.0 Å². The number of carbonyl (C=O) groups is 1. The molecule has 0 radical (unpaired) electrons. The SMILES string of the molecule is Cc1ccc(/C(CCCC(=O)O)=N/O)cc1. The maximum atomic E-state index is 10.3. The molecule has 0 amide bonds. The van der Waals surface area contributed by atoms with Crippen LogP contribution in [0.25, 0.3) is 0 Å². The minimum Gasteiger partial charge on any atom is -0.481 e. The summed E-state index contributed by atoms with van der Waals surface area (Å²) in [4.78, 5) is 10.3. The van der Waals surface area contributed by atoms with Crippen molar-refractivity contribution in [3.63, 3.8) is 0 Å². The van der Waals surface area contributed by atoms with Crippen molar-refractivity contribution in [2.75, 3.05) is 0 Å². The Hall–Kier alpha value is -1.84. The first kappa shape index (κ1) is 12.2. The van der Waals surface area contributed by atoms with E-state index in [0.717, 1.165) is 11.1 Å². The van der Waals surface area contributed by atoms with Crippen molar-refractivity contribution in [1.82, 2.24) is 0 Å². The molecule has 0 saturated carbocycles. The van der Waals surface area contributed by atoms with Crippen LogP contribution in [-0.4, -0.2) is 22.0 Å². The highest BCUT2D eigenvalue weighted by Gasteiger charge is 2.05. The highest BCUT2D eigenvalue weighted by Crippen LogP contribution is 2.09. The number of carboxylic acids is 1. The highest BCUT2D eigenvalue weighted by atomic mass is 16.4. The number of aliphatic carboxylic acids is 1. The van der Waals surface area contributed by atoms with Gasteiger partial charge in [0.1, 0.15) is 0 Å². The van der Waals surface area contributed by atoms with Crippen LogP contribution >= 0.6 is 0 Å². The second kappa shape index (κ2) is 5.90. The molecule has 0 spiro atoms. The van der Waals surface area contributed by atoms with E-state index < -0.39 is 5.97 Å². The highest BCUT2D eigenvalue weighted by molar-refractivity contribution is 6.00. The lowest BCUT2D eigenvalue weighted by atomic mass is 10.0. The van der Waals surface area contributed by atoms with Gasteiger partial charge in [0.15, 0.2) is 0 Å². The van der Waals surface area contributed by atoms with Crippen LogP contribution in [0.3, 0.4) is 0 Å². The number of hydrogen-bond donors (Lipinski definition) is 2. The first-order chi connectivity index (χ1) is 7.63. The van der Waals surface area contributed by atoms with Crippen molar-refractivity contribution in [3.8, 4) is 0 Å². The number of rotatable bonds is 5. The lowest BCUT2D eigenvalue weighted by Crippen LogP contribution is -2.03. The topological polar surface area (TPSA) is 69.9 Å². The molecule has 2 N–H and O–H groups in total. The van der Waals surface area contributed by atoms with Crippen molar-refractivity contribution in [1.29, 1.82) is 0 Å². The number of nitrogens with zero attached hydrogens (tertiary/aromatic N) is 1. The van der Waals surface area contributed by atoms with E-state index in [4.69, 9.17) is 10.3 Å². The second-order valence-electron chi connectivity index (χ2n) is 3.66. The summed E-state index contributed by atoms with van der Waals surface area (Å²) in [5, 5.41) is 20.6. The van der Waals surface area contributed by atoms with Crippen LogP contribution in [0.15, 0.2) is 29.4 Å². The normalized spacial score (nSPS) is 11.4. The molecule has 1 aromatic rings. The Morgan fingerprint density at radius 1 is 1.25 bits per heavy atom. The third-order valence-corrected chi connectivity index (χ3v) is 2.31. The molecule has 4 nitrogen and oxygen atoms in total. The van der Waals surface area contributed by atoms with Crippen molar-refractivity contribution in [3.05, 3.63) is 35.4 Å². The summed E-state index contributed by atoms with van der Waals surface area (Å²) in [7, 11) is 0. The molecule has 1 aromatic carbocycles. The molecule has 0 saturated heterocycles. The number of hydrogen-bond acceptors (Lipinski definition) is 3. The summed E-state index contributed by atoms with van der Waals surface area (Å²) in [6, 6.07) is 7.59. The maximum Gasteiger partial charge on any atom is 0.303 e. The van der Waals surface area contributed by atoms with Gasteiger partial charge in [-0.2, -0.15) is 0 Å². The Kier molecular flexibility index (Phi) is 4.51. The molecule has 16 heavy (non-hydrogen) atoms. The Balaban J connectivity index is 2.61. The quantitative estimate of drug-likeness (QED) is 0.455. The maximum absolute atomic E-state index is 10.3. The van der Waals surface area contributed by atoms with Gasteiger partial charge >= 0.3 is 5.97 Å². The van der Waals surface area contributed by atoms with Gasteiger partial charge < -0.3 is 10.3 Å². The monoisotopic (exact) mass is 221 g/mol. The number of carboxylic acid groups (broad SMARTS) is 1. The van der Waals surface area contributed by atoms with Crippen LogP contribution in [0.5, 0.6) is 0 Å². The predicted octanol–water partition coefficient (Wildman–Crippen LogP) is 2.43. The average Bonchev–Trinajstić information content (AvgIpc) is 2.26. The third kappa shape index (κ3) is 3.73. The summed E-state index contributed by atoms with van der Waals surface area (Å²) < 4.78 is 0. The Morgan fingerprint density at radius 2 is 1.88 bits per heavy atom. The van der Waals surface area contributed by atoms with Gasteiger partial charge in [0.05, 0.1) is 5.71 Å². The smallest absolute Gasteiger partial charge is 0.303 e. The van der Waals surface area contributed by atoms with Gasteiger partial charge in [-0.25, -0.2) is 0 Å². The van der Waals surface area contributed by atoms with E-state index in [2.05, 4.69) is 5.16 Å². The van der Waals surface area contributed by atoms with E-state index in [1.807, 2.05) is 31.2 Å². The fourth-order valence-corrected chi connectivity index (χ4v) is 1.41. The van der Waals surface area contributed by atoms with E-state index in [1.54, 1.807) is 0 Å². The molecule has 0 aliphatic heterocycles. The van der Waals surface area contributed by atoms with E-state index >= 15 is 0 Å². The number of aryl methyl sites for hydroxylation is 1. The molecule has 0 unspecified atom stereocenters. The van der Waals surface area contributed by atoms with Crippen molar-refractivity contribution >= 4 is 11.7 Å². The van der Waals surface area contributed by atoms with E-state index in [-0.39, 0.29) is 6.42 Å². The first-order valence-electron chi connectivity index (χ1n) is 5.13. The van der Waals surface area contributed by atoms with Gasteiger partial charge in [-0.05, 0) is 25.3 Å². The molecule has 0 aliphatic carbocycles. The van der Waals surface area contributed by atoms with E-state index in [1.165, 1.54) is 0 Å². The molecule has 0 bridgehead atoms. The molecule has 86 valence electrons. The summed E-state index contributed by atoms with van der Waals surface area (Å²) in [6.07, 6.45) is 1.03. The molecule has 0 aliphatic rings. The standard InChI is InChI=1S/C12H15NO3/c1-9-5-7-10(8-6-9)11(13-16)3-2-4-12(14)15/h5-8,16H,2-4H2,1H3,(H,14,15)/b13-11+. The predicted molar refractivity (Wildman–Crippen MR) is 61.0 cm³/mol. The van der Waals surface area contributed by atoms with Gasteiger partial charge in [0, 0.05) is 6.42 Å². The second-order valence-corrected chi connectivity index (χ2v) is 3.66. The number of benzene rings is 1. The van der Waals surface area contributed by atoms with Crippen LogP contribution in [-0.2, 0) is 4.79 Å². The summed E-state index contributed by atoms with van der Waals surface area (Å²) in [6.45, 7) is 1.98. The fraction of sp³-hybridized carbons (Fsp3) is 0.333. The van der Waals surface area contributed by atoms with Crippen LogP contribution < -0.4 is 0 Å². The van der Waals surface area contributed by atoms with Crippen LogP contribution in [0.4, 0.5) is 0 Å². The Morgan fingerprint density at radius 3 is 2.38 bits per heavy atom. The van der Waals surface area contributed by atoms with Gasteiger partial charge in [0.2, 0.25) is 0 Å². The van der Waals surface area contributed by atoms with E-state index in [9.17, 15) is 4.79 Å². The number of oxime groups is 1. The van der Waals surface area contributed by atoms with Crippen LogP contribution in [0, 0.1) is 6.92 Å². The minimum absolute atomic E-state index is 0.0882. The molecule has 1 rings (SSSR count). The molecular formula is C12H15NO3. The molecule has 0 heterocycles. The third-order valence-electron chi connectivity index (χ3n) is 2.31. The van der Waals surface area contributed by atoms with Gasteiger partial charge in [-0.3, -0.25) is 4.79 Å². The van der Waals surface area contributed by atoms with Gasteiger partial charge in [0.25, 0.3) is 0 Å². The largest absolute Gasteiger partial charge is 0.481 e. The van der Waals surface area contributed by atoms with E-state index in [0.29, 0.717) is 18.6 Å². The lowest BCUT2D eigenvalue weighted by Gasteiger charge is -2.04. The van der Waals surface area contributed by atoms with Crippen molar-refractivity contribution in [2.24, 2.45) is 5.16 Å². The lowest BCUT2D eigenvalue weighted by molar-refractivity contribution is -0.137. The Labute approximate surface area is 94.2 Å². The summed E-state index contributed by atoms with van der Waals surface area (Å²) in [5.74, 6) is -0.832. The first-order valence-corrected chi connectivity index (χ1v) is 5.13. The Bertz CT molecular complexity index is 382. The molecule has 0 fully saturated rings. The summed E-state index contributed by atoms with van der Waals surface area (Å²) in [5.41, 5.74) is 2.49.